The molecular formula is C18H17N3O2. The molecule has 0 unspecified atom stereocenters. The lowest BCUT2D eigenvalue weighted by atomic mass is 10.1. The zero-order valence-electron chi connectivity index (χ0n) is 13.0. The van der Waals surface area contributed by atoms with Gasteiger partial charge in [0.05, 0.1) is 11.1 Å². The summed E-state index contributed by atoms with van der Waals surface area (Å²) >= 11 is 0. The van der Waals surface area contributed by atoms with Gasteiger partial charge in [0.15, 0.2) is 0 Å². The summed E-state index contributed by atoms with van der Waals surface area (Å²) in [6.07, 6.45) is 0. The van der Waals surface area contributed by atoms with Crippen LogP contribution in [0.4, 0.5) is 0 Å². The minimum Gasteiger partial charge on any atom is -0.290 e. The Hall–Kier alpha value is -2.92. The molecule has 0 aliphatic rings. The Kier molecular flexibility index (Phi) is 3.72. The van der Waals surface area contributed by atoms with Gasteiger partial charge in [0.2, 0.25) is 0 Å². The second-order valence-corrected chi connectivity index (χ2v) is 5.46. The van der Waals surface area contributed by atoms with Crippen LogP contribution >= 0.6 is 0 Å². The highest BCUT2D eigenvalue weighted by Crippen LogP contribution is 2.26. The molecule has 23 heavy (non-hydrogen) atoms. The van der Waals surface area contributed by atoms with Crippen LogP contribution < -0.4 is 11.3 Å². The number of aromatic nitrogens is 1. The molecule has 0 bridgehead atoms. The van der Waals surface area contributed by atoms with E-state index in [1.807, 2.05) is 49.4 Å². The van der Waals surface area contributed by atoms with Crippen molar-refractivity contribution in [2.45, 2.75) is 13.8 Å². The third-order valence-electron chi connectivity index (χ3n) is 3.94. The lowest BCUT2D eigenvalue weighted by Crippen LogP contribution is -2.30. The number of nitrogens with two attached hydrogens (primary N) is 1. The van der Waals surface area contributed by atoms with Gasteiger partial charge in [-0.25, -0.2) is 5.84 Å². The normalized spacial score (nSPS) is 10.7. The first-order valence-electron chi connectivity index (χ1n) is 7.27. The molecule has 3 N–H and O–H groups in total. The van der Waals surface area contributed by atoms with Gasteiger partial charge < -0.3 is 0 Å². The minimum atomic E-state index is -0.408. The fourth-order valence-electron chi connectivity index (χ4n) is 2.90. The van der Waals surface area contributed by atoms with Gasteiger partial charge in [0.1, 0.15) is 0 Å². The van der Waals surface area contributed by atoms with Crippen molar-refractivity contribution < 1.29 is 9.59 Å². The van der Waals surface area contributed by atoms with Crippen LogP contribution in [0.2, 0.25) is 0 Å². The second-order valence-electron chi connectivity index (χ2n) is 5.46. The number of benzene rings is 2. The third-order valence-corrected chi connectivity index (χ3v) is 3.94. The monoisotopic (exact) mass is 307 g/mol. The number of rotatable bonds is 2. The molecule has 0 saturated heterocycles. The average molecular weight is 307 g/mol. The van der Waals surface area contributed by atoms with Gasteiger partial charge in [0.25, 0.3) is 11.8 Å². The Morgan fingerprint density at radius 3 is 2.48 bits per heavy atom. The van der Waals surface area contributed by atoms with E-state index >= 15 is 0 Å². The average Bonchev–Trinajstić information content (AvgIpc) is 2.85. The van der Waals surface area contributed by atoms with Crippen molar-refractivity contribution in [3.8, 4) is 0 Å². The zero-order valence-corrected chi connectivity index (χ0v) is 13.0. The summed E-state index contributed by atoms with van der Waals surface area (Å²) < 4.78 is 1.56. The van der Waals surface area contributed by atoms with E-state index < -0.39 is 5.91 Å². The summed E-state index contributed by atoms with van der Waals surface area (Å²) in [5, 5.41) is 0.703. The third kappa shape index (κ3) is 2.41. The summed E-state index contributed by atoms with van der Waals surface area (Å²) in [7, 11) is 0. The van der Waals surface area contributed by atoms with Gasteiger partial charge in [-0.15, -0.1) is 0 Å². The Labute approximate surface area is 133 Å². The number of hydrazine groups is 1. The fraction of sp³-hybridized carbons (Fsp3) is 0.111. The number of para-hydroxylation sites is 1. The highest BCUT2D eigenvalue weighted by atomic mass is 16.2. The number of nitrogen functional groups attached to an aromatic ring is 1. The van der Waals surface area contributed by atoms with Crippen LogP contribution in [-0.4, -0.2) is 16.4 Å². The quantitative estimate of drug-likeness (QED) is 0.434. The van der Waals surface area contributed by atoms with Gasteiger partial charge in [-0.1, -0.05) is 35.9 Å². The molecule has 3 aromatic rings. The van der Waals surface area contributed by atoms with Gasteiger partial charge >= 0.3 is 0 Å². The van der Waals surface area contributed by atoms with Gasteiger partial charge in [-0.3, -0.25) is 19.6 Å². The highest BCUT2D eigenvalue weighted by Gasteiger charge is 2.23. The van der Waals surface area contributed by atoms with Crippen molar-refractivity contribution in [1.82, 2.24) is 9.99 Å². The number of amides is 1. The molecule has 5 nitrogen and oxygen atoms in total. The molecule has 1 amide bonds. The van der Waals surface area contributed by atoms with Gasteiger partial charge in [-0.2, -0.15) is 0 Å². The largest absolute Gasteiger partial charge is 0.290 e. The van der Waals surface area contributed by atoms with E-state index in [0.717, 1.165) is 5.56 Å². The molecule has 2 aromatic carbocycles. The molecule has 0 atom stereocenters. The summed E-state index contributed by atoms with van der Waals surface area (Å²) in [6, 6.07) is 14.7. The first kappa shape index (κ1) is 15.0. The van der Waals surface area contributed by atoms with Crippen molar-refractivity contribution in [2.75, 3.05) is 0 Å². The minimum absolute atomic E-state index is 0.168. The Balaban J connectivity index is 2.28. The maximum absolute atomic E-state index is 13.0. The molecule has 0 fully saturated rings. The number of nitrogens with zero attached hydrogens (tertiary/aromatic N) is 1. The Morgan fingerprint density at radius 2 is 1.78 bits per heavy atom. The SMILES string of the molecule is Cc1cccc(C(=O)n2c(C)c(C(=O)NN)c3ccccc32)c1. The molecule has 3 rings (SSSR count). The van der Waals surface area contributed by atoms with Crippen molar-refractivity contribution in [1.29, 1.82) is 0 Å². The fourth-order valence-corrected chi connectivity index (χ4v) is 2.90. The molecule has 0 aliphatic carbocycles. The van der Waals surface area contributed by atoms with Crippen LogP contribution in [-0.2, 0) is 0 Å². The number of carbonyl (C=O) groups excluding carboxylic acids is 2. The van der Waals surface area contributed by atoms with Crippen molar-refractivity contribution in [3.63, 3.8) is 0 Å². The molecule has 5 heteroatoms. The number of aryl methyl sites for hydroxylation is 1. The first-order chi connectivity index (χ1) is 11.0. The summed E-state index contributed by atoms with van der Waals surface area (Å²) in [6.45, 7) is 3.68. The maximum Gasteiger partial charge on any atom is 0.267 e. The Bertz CT molecular complexity index is 925. The highest BCUT2D eigenvalue weighted by molar-refractivity contribution is 6.12. The smallest absolute Gasteiger partial charge is 0.267 e. The van der Waals surface area contributed by atoms with Crippen LogP contribution in [0.5, 0.6) is 0 Å². The van der Waals surface area contributed by atoms with E-state index in [-0.39, 0.29) is 5.91 Å². The summed E-state index contributed by atoms with van der Waals surface area (Å²) in [4.78, 5) is 25.1. The van der Waals surface area contributed by atoms with Crippen LogP contribution in [0.15, 0.2) is 48.5 Å². The molecule has 1 aromatic heterocycles. The molecule has 0 aliphatic heterocycles. The number of hydrogen-bond donors (Lipinski definition) is 2. The molecule has 0 radical (unpaired) electrons. The summed E-state index contributed by atoms with van der Waals surface area (Å²) in [5.41, 5.74) is 5.41. The number of fused-ring (bicyclic) bond motifs is 1. The maximum atomic E-state index is 13.0. The van der Waals surface area contributed by atoms with E-state index in [0.29, 0.717) is 27.7 Å². The van der Waals surface area contributed by atoms with E-state index in [1.54, 1.807) is 17.6 Å². The predicted molar refractivity (Wildman–Crippen MR) is 89.2 cm³/mol. The predicted octanol–water partition coefficient (Wildman–Crippen LogP) is 2.55. The van der Waals surface area contributed by atoms with E-state index in [4.69, 9.17) is 5.84 Å². The number of nitrogens with one attached hydrogen (secondary N) is 1. The van der Waals surface area contributed by atoms with E-state index in [2.05, 4.69) is 5.43 Å². The van der Waals surface area contributed by atoms with E-state index in [9.17, 15) is 9.59 Å². The number of carbonyl (C=O) groups is 2. The first-order valence-corrected chi connectivity index (χ1v) is 7.27. The standard InChI is InChI=1S/C18H17N3O2/c1-11-6-5-7-13(10-11)18(23)21-12(2)16(17(22)20-19)14-8-3-4-9-15(14)21/h3-10H,19H2,1-2H3,(H,20,22). The number of hydrogen-bond acceptors (Lipinski definition) is 3. The Morgan fingerprint density at radius 1 is 1.04 bits per heavy atom. The second kappa shape index (κ2) is 5.70. The molecule has 116 valence electrons. The topological polar surface area (TPSA) is 77.1 Å². The van der Waals surface area contributed by atoms with Crippen LogP contribution in [0.3, 0.4) is 0 Å². The zero-order chi connectivity index (χ0) is 16.6. The van der Waals surface area contributed by atoms with E-state index in [1.165, 1.54) is 0 Å². The molecule has 0 spiro atoms. The lowest BCUT2D eigenvalue weighted by molar-refractivity contribution is 0.0954. The molecule has 0 saturated carbocycles. The van der Waals surface area contributed by atoms with Crippen LogP contribution in [0, 0.1) is 13.8 Å². The van der Waals surface area contributed by atoms with Crippen LogP contribution in [0.25, 0.3) is 10.9 Å². The van der Waals surface area contributed by atoms with Crippen molar-refractivity contribution in [2.24, 2.45) is 5.84 Å². The molecular weight excluding hydrogens is 290 g/mol. The lowest BCUT2D eigenvalue weighted by Gasteiger charge is -2.08. The molecule has 1 heterocycles. The van der Waals surface area contributed by atoms with Crippen molar-refractivity contribution in [3.05, 3.63) is 70.9 Å². The summed E-state index contributed by atoms with van der Waals surface area (Å²) in [5.74, 6) is 4.71. The van der Waals surface area contributed by atoms with Gasteiger partial charge in [-0.05, 0) is 32.0 Å². The van der Waals surface area contributed by atoms with Crippen LogP contribution in [0.1, 0.15) is 32.0 Å². The van der Waals surface area contributed by atoms with Gasteiger partial charge in [0, 0.05) is 16.6 Å². The van der Waals surface area contributed by atoms with Crippen molar-refractivity contribution >= 4 is 22.7 Å².